The van der Waals surface area contributed by atoms with Gasteiger partial charge in [-0.05, 0) is 24.5 Å². The number of H-pyrrole nitrogens is 1. The fourth-order valence-corrected chi connectivity index (χ4v) is 2.44. The molecule has 1 atom stereocenters. The third kappa shape index (κ3) is 1.79. The van der Waals surface area contributed by atoms with Crippen LogP contribution in [0.4, 0.5) is 0 Å². The molecule has 4 heteroatoms. The molecule has 2 aromatic rings. The lowest BCUT2D eigenvalue weighted by molar-refractivity contribution is 0.0949. The first-order chi connectivity index (χ1) is 8.75. The van der Waals surface area contributed by atoms with Crippen LogP contribution >= 0.6 is 0 Å². The van der Waals surface area contributed by atoms with Gasteiger partial charge < -0.3 is 5.32 Å². The summed E-state index contributed by atoms with van der Waals surface area (Å²) < 4.78 is 0. The maximum absolute atomic E-state index is 11.9. The Hall–Kier alpha value is -2.10. The second-order valence-corrected chi connectivity index (χ2v) is 4.72. The molecule has 1 unspecified atom stereocenters. The van der Waals surface area contributed by atoms with Crippen molar-refractivity contribution in [1.82, 2.24) is 15.5 Å². The van der Waals surface area contributed by atoms with Gasteiger partial charge in [-0.1, -0.05) is 24.3 Å². The Balaban J connectivity index is 1.61. The fourth-order valence-electron chi connectivity index (χ4n) is 2.44. The molecule has 1 aromatic heterocycles. The average molecular weight is 241 g/mol. The highest BCUT2D eigenvalue weighted by atomic mass is 16.1. The number of aromatic amines is 1. The van der Waals surface area contributed by atoms with Gasteiger partial charge in [0, 0.05) is 18.2 Å². The zero-order valence-corrected chi connectivity index (χ0v) is 10.2. The first-order valence-corrected chi connectivity index (χ1v) is 6.11. The number of benzene rings is 1. The summed E-state index contributed by atoms with van der Waals surface area (Å²) in [6.45, 7) is 2.54. The van der Waals surface area contributed by atoms with Gasteiger partial charge in [-0.2, -0.15) is 5.10 Å². The highest BCUT2D eigenvalue weighted by molar-refractivity contribution is 5.94. The van der Waals surface area contributed by atoms with Crippen molar-refractivity contribution in [2.75, 3.05) is 6.54 Å². The zero-order chi connectivity index (χ0) is 12.5. The van der Waals surface area contributed by atoms with Crippen molar-refractivity contribution in [2.45, 2.75) is 19.3 Å². The van der Waals surface area contributed by atoms with Crippen molar-refractivity contribution in [3.63, 3.8) is 0 Å². The van der Waals surface area contributed by atoms with Gasteiger partial charge in [0.25, 0.3) is 5.91 Å². The van der Waals surface area contributed by atoms with Gasteiger partial charge in [0.05, 0.1) is 11.8 Å². The molecule has 1 aliphatic carbocycles. The van der Waals surface area contributed by atoms with Gasteiger partial charge in [0.15, 0.2) is 0 Å². The second-order valence-electron chi connectivity index (χ2n) is 4.72. The van der Waals surface area contributed by atoms with Gasteiger partial charge in [0.2, 0.25) is 0 Å². The third-order valence-electron chi connectivity index (χ3n) is 3.54. The van der Waals surface area contributed by atoms with E-state index in [0.29, 0.717) is 18.0 Å². The van der Waals surface area contributed by atoms with Crippen LogP contribution in [0.2, 0.25) is 0 Å². The highest BCUT2D eigenvalue weighted by Gasteiger charge is 2.25. The quantitative estimate of drug-likeness (QED) is 0.860. The van der Waals surface area contributed by atoms with Crippen LogP contribution in [0, 0.1) is 6.92 Å². The van der Waals surface area contributed by atoms with E-state index in [1.54, 1.807) is 6.20 Å². The van der Waals surface area contributed by atoms with E-state index >= 15 is 0 Å². The Labute approximate surface area is 105 Å². The highest BCUT2D eigenvalue weighted by Crippen LogP contribution is 2.33. The van der Waals surface area contributed by atoms with Crippen molar-refractivity contribution in [3.8, 4) is 0 Å². The smallest absolute Gasteiger partial charge is 0.254 e. The van der Waals surface area contributed by atoms with Gasteiger partial charge in [-0.3, -0.25) is 9.89 Å². The van der Waals surface area contributed by atoms with Gasteiger partial charge in [-0.25, -0.2) is 0 Å². The summed E-state index contributed by atoms with van der Waals surface area (Å²) in [5.41, 5.74) is 4.20. The summed E-state index contributed by atoms with van der Waals surface area (Å²) in [7, 11) is 0. The molecule has 0 aliphatic heterocycles. The summed E-state index contributed by atoms with van der Waals surface area (Å²) in [4.78, 5) is 11.9. The molecule has 1 heterocycles. The number of hydrogen-bond donors (Lipinski definition) is 2. The fraction of sp³-hybridized carbons (Fsp3) is 0.286. The molecule has 4 nitrogen and oxygen atoms in total. The lowest BCUT2D eigenvalue weighted by Gasteiger charge is -2.30. The maximum atomic E-state index is 11.9. The van der Waals surface area contributed by atoms with Crippen LogP contribution in [0.25, 0.3) is 0 Å². The summed E-state index contributed by atoms with van der Waals surface area (Å²) in [6, 6.07) is 8.39. The Morgan fingerprint density at radius 1 is 1.50 bits per heavy atom. The number of nitrogens with one attached hydrogen (secondary N) is 2. The monoisotopic (exact) mass is 241 g/mol. The van der Waals surface area contributed by atoms with Crippen LogP contribution in [-0.4, -0.2) is 22.6 Å². The van der Waals surface area contributed by atoms with E-state index in [4.69, 9.17) is 0 Å². The Morgan fingerprint density at radius 2 is 2.33 bits per heavy atom. The van der Waals surface area contributed by atoms with E-state index in [1.807, 2.05) is 13.0 Å². The van der Waals surface area contributed by atoms with E-state index in [0.717, 1.165) is 12.1 Å². The summed E-state index contributed by atoms with van der Waals surface area (Å²) in [5, 5.41) is 9.59. The number of rotatable bonds is 3. The number of fused-ring (bicyclic) bond motifs is 1. The van der Waals surface area contributed by atoms with Gasteiger partial charge in [-0.15, -0.1) is 0 Å². The molecular weight excluding hydrogens is 226 g/mol. The SMILES string of the molecule is Cc1[nH]ncc1C(=O)NCC1Cc2ccccc21. The molecule has 3 rings (SSSR count). The number of hydrogen-bond acceptors (Lipinski definition) is 2. The molecule has 0 saturated heterocycles. The Morgan fingerprint density at radius 3 is 3.06 bits per heavy atom. The van der Waals surface area contributed by atoms with Crippen molar-refractivity contribution in [2.24, 2.45) is 0 Å². The molecule has 0 bridgehead atoms. The number of nitrogens with zero attached hydrogens (tertiary/aromatic N) is 1. The van der Waals surface area contributed by atoms with Crippen LogP contribution in [0.5, 0.6) is 0 Å². The van der Waals surface area contributed by atoms with Crippen LogP contribution < -0.4 is 5.32 Å². The number of amides is 1. The first-order valence-electron chi connectivity index (χ1n) is 6.11. The largest absolute Gasteiger partial charge is 0.351 e. The number of aromatic nitrogens is 2. The van der Waals surface area contributed by atoms with Crippen LogP contribution in [0.1, 0.15) is 33.1 Å². The second kappa shape index (κ2) is 4.29. The number of aryl methyl sites for hydroxylation is 1. The molecule has 0 spiro atoms. The molecule has 92 valence electrons. The Kier molecular flexibility index (Phi) is 2.63. The topological polar surface area (TPSA) is 57.8 Å². The molecule has 0 fully saturated rings. The third-order valence-corrected chi connectivity index (χ3v) is 3.54. The van der Waals surface area contributed by atoms with Crippen molar-refractivity contribution < 1.29 is 4.79 Å². The molecule has 2 N–H and O–H groups in total. The molecule has 1 amide bonds. The lowest BCUT2D eigenvalue weighted by Crippen LogP contribution is -2.33. The lowest BCUT2D eigenvalue weighted by atomic mass is 9.77. The molecule has 1 aromatic carbocycles. The van der Waals surface area contributed by atoms with E-state index in [1.165, 1.54) is 11.1 Å². The summed E-state index contributed by atoms with van der Waals surface area (Å²) in [5.74, 6) is 0.406. The molecule has 1 aliphatic rings. The van der Waals surface area contributed by atoms with Crippen molar-refractivity contribution >= 4 is 5.91 Å². The van der Waals surface area contributed by atoms with Crippen LogP contribution in [0.15, 0.2) is 30.5 Å². The van der Waals surface area contributed by atoms with E-state index in [2.05, 4.69) is 33.7 Å². The molecule has 18 heavy (non-hydrogen) atoms. The summed E-state index contributed by atoms with van der Waals surface area (Å²) >= 11 is 0. The first kappa shape index (κ1) is 11.0. The molecular formula is C14H15N3O. The van der Waals surface area contributed by atoms with E-state index in [9.17, 15) is 4.79 Å². The summed E-state index contributed by atoms with van der Waals surface area (Å²) in [6.07, 6.45) is 2.63. The van der Waals surface area contributed by atoms with Gasteiger partial charge >= 0.3 is 0 Å². The van der Waals surface area contributed by atoms with Gasteiger partial charge in [0.1, 0.15) is 0 Å². The maximum Gasteiger partial charge on any atom is 0.254 e. The van der Waals surface area contributed by atoms with E-state index < -0.39 is 0 Å². The predicted molar refractivity (Wildman–Crippen MR) is 68.5 cm³/mol. The van der Waals surface area contributed by atoms with Crippen LogP contribution in [0.3, 0.4) is 0 Å². The van der Waals surface area contributed by atoms with Crippen molar-refractivity contribution in [3.05, 3.63) is 52.8 Å². The normalized spacial score (nSPS) is 16.8. The Bertz CT molecular complexity index is 588. The number of carbonyl (C=O) groups excluding carboxylic acids is 1. The minimum atomic E-state index is -0.0503. The number of carbonyl (C=O) groups is 1. The predicted octanol–water partition coefficient (Wildman–Crippen LogP) is 1.79. The van der Waals surface area contributed by atoms with Crippen LogP contribution in [-0.2, 0) is 6.42 Å². The standard InChI is InChI=1S/C14H15N3O/c1-9-13(8-16-17-9)14(18)15-7-11-6-10-4-2-3-5-12(10)11/h2-5,8,11H,6-7H2,1H3,(H,15,18)(H,16,17). The average Bonchev–Trinajstić information content (AvgIpc) is 2.76. The van der Waals surface area contributed by atoms with E-state index in [-0.39, 0.29) is 5.91 Å². The van der Waals surface area contributed by atoms with Crippen molar-refractivity contribution in [1.29, 1.82) is 0 Å². The minimum Gasteiger partial charge on any atom is -0.351 e. The zero-order valence-electron chi connectivity index (χ0n) is 10.2. The molecule has 0 saturated carbocycles. The molecule has 0 radical (unpaired) electrons. The minimum absolute atomic E-state index is 0.0503.